The van der Waals surface area contributed by atoms with Crippen LogP contribution in [0.3, 0.4) is 0 Å². The first-order chi connectivity index (χ1) is 13.7. The number of ether oxygens (including phenoxy) is 5. The number of methoxy groups -OCH3 is 4. The van der Waals surface area contributed by atoms with Crippen LogP contribution in [0.5, 0.6) is 28.7 Å². The highest BCUT2D eigenvalue weighted by molar-refractivity contribution is 6.75. The molecule has 0 heterocycles. The third-order valence-corrected chi connectivity index (χ3v) is 4.25. The monoisotopic (exact) mass is 462 g/mol. The predicted molar refractivity (Wildman–Crippen MR) is 108 cm³/mol. The second-order valence-electron chi connectivity index (χ2n) is 5.50. The average molecular weight is 464 g/mol. The van der Waals surface area contributed by atoms with Gasteiger partial charge in [-0.2, -0.15) is 0 Å². The zero-order valence-corrected chi connectivity index (χ0v) is 18.1. The quantitative estimate of drug-likeness (QED) is 0.263. The molecule has 0 spiro atoms. The summed E-state index contributed by atoms with van der Waals surface area (Å²) < 4.78 is 23.7. The Morgan fingerprint density at radius 2 is 1.24 bits per heavy atom. The number of rotatable bonds is 7. The van der Waals surface area contributed by atoms with Gasteiger partial charge in [0, 0.05) is 11.1 Å². The summed E-state index contributed by atoms with van der Waals surface area (Å²) in [4.78, 5) is 24.9. The van der Waals surface area contributed by atoms with Gasteiger partial charge in [0.2, 0.25) is 5.75 Å². The molecule has 0 amide bonds. The van der Waals surface area contributed by atoms with E-state index in [1.807, 2.05) is 0 Å². The summed E-state index contributed by atoms with van der Waals surface area (Å²) in [5.41, 5.74) is 0.440. The van der Waals surface area contributed by atoms with Crippen molar-refractivity contribution in [3.63, 3.8) is 0 Å². The molecule has 29 heavy (non-hydrogen) atoms. The zero-order chi connectivity index (χ0) is 21.8. The molecule has 0 saturated heterocycles. The molecule has 2 rings (SSSR count). The van der Waals surface area contributed by atoms with Crippen molar-refractivity contribution in [2.75, 3.05) is 28.4 Å². The van der Waals surface area contributed by atoms with Crippen molar-refractivity contribution in [3.8, 4) is 28.7 Å². The maximum absolute atomic E-state index is 13.0. The normalized spacial score (nSPS) is 10.9. The van der Waals surface area contributed by atoms with Crippen LogP contribution in [0.25, 0.3) is 0 Å². The van der Waals surface area contributed by atoms with Gasteiger partial charge in [0.1, 0.15) is 0 Å². The second kappa shape index (κ2) is 9.43. The Morgan fingerprint density at radius 1 is 0.724 bits per heavy atom. The van der Waals surface area contributed by atoms with Crippen LogP contribution in [0.15, 0.2) is 30.3 Å². The number of esters is 1. The molecule has 0 aliphatic heterocycles. The van der Waals surface area contributed by atoms with E-state index in [-0.39, 0.29) is 22.6 Å². The van der Waals surface area contributed by atoms with Crippen LogP contribution >= 0.6 is 34.8 Å². The van der Waals surface area contributed by atoms with Gasteiger partial charge in [-0.15, -0.1) is 0 Å². The van der Waals surface area contributed by atoms with Crippen LogP contribution in [0.1, 0.15) is 15.9 Å². The number of hydrogen-bond donors (Lipinski definition) is 0. The Kier molecular flexibility index (Phi) is 7.46. The van der Waals surface area contributed by atoms with Crippen molar-refractivity contribution in [2.45, 2.75) is 3.79 Å². The van der Waals surface area contributed by atoms with E-state index in [4.69, 9.17) is 58.5 Å². The molecular formula is C19H17Cl3O7. The minimum absolute atomic E-state index is 0.0814. The lowest BCUT2D eigenvalue weighted by Gasteiger charge is -2.15. The van der Waals surface area contributed by atoms with Crippen molar-refractivity contribution < 1.29 is 33.3 Å². The van der Waals surface area contributed by atoms with Crippen molar-refractivity contribution in [2.24, 2.45) is 0 Å². The van der Waals surface area contributed by atoms with Crippen molar-refractivity contribution in [3.05, 3.63) is 41.5 Å². The lowest BCUT2D eigenvalue weighted by atomic mass is 10.0. The molecule has 0 radical (unpaired) electrons. The van der Waals surface area contributed by atoms with Crippen molar-refractivity contribution in [1.82, 2.24) is 0 Å². The highest BCUT2D eigenvalue weighted by atomic mass is 35.6. The van der Waals surface area contributed by atoms with Gasteiger partial charge in [-0.25, -0.2) is 4.79 Å². The second-order valence-corrected chi connectivity index (χ2v) is 7.78. The predicted octanol–water partition coefficient (Wildman–Crippen LogP) is 4.23. The third kappa shape index (κ3) is 5.18. The van der Waals surface area contributed by atoms with Gasteiger partial charge in [0.25, 0.3) is 3.79 Å². The van der Waals surface area contributed by atoms with Gasteiger partial charge in [0.05, 0.1) is 28.4 Å². The molecule has 0 unspecified atom stereocenters. The van der Waals surface area contributed by atoms with E-state index in [0.29, 0.717) is 17.2 Å². The first-order valence-corrected chi connectivity index (χ1v) is 9.11. The highest BCUT2D eigenvalue weighted by Gasteiger charge is 2.34. The Bertz CT molecular complexity index is 897. The summed E-state index contributed by atoms with van der Waals surface area (Å²) in [6, 6.07) is 7.25. The molecular weight excluding hydrogens is 447 g/mol. The van der Waals surface area contributed by atoms with Gasteiger partial charge in [-0.05, 0) is 30.3 Å². The fourth-order valence-corrected chi connectivity index (χ4v) is 2.55. The molecule has 0 bridgehead atoms. The first-order valence-electron chi connectivity index (χ1n) is 7.98. The molecule has 2 aromatic rings. The van der Waals surface area contributed by atoms with Crippen LogP contribution in [-0.2, 0) is 4.79 Å². The van der Waals surface area contributed by atoms with Crippen LogP contribution in [-0.4, -0.2) is 44.0 Å². The fraction of sp³-hybridized carbons (Fsp3) is 0.263. The maximum atomic E-state index is 13.0. The van der Waals surface area contributed by atoms with Gasteiger partial charge >= 0.3 is 5.97 Å². The lowest BCUT2D eigenvalue weighted by molar-refractivity contribution is -0.133. The van der Waals surface area contributed by atoms with Crippen LogP contribution < -0.4 is 23.7 Å². The van der Waals surface area contributed by atoms with Gasteiger partial charge in [-0.3, -0.25) is 4.79 Å². The number of halogens is 3. The first kappa shape index (κ1) is 22.9. The molecule has 0 aliphatic carbocycles. The largest absolute Gasteiger partial charge is 0.493 e. The van der Waals surface area contributed by atoms with E-state index >= 15 is 0 Å². The van der Waals surface area contributed by atoms with Gasteiger partial charge in [0.15, 0.2) is 28.8 Å². The summed E-state index contributed by atoms with van der Waals surface area (Å²) in [7, 11) is 5.69. The molecule has 7 nitrogen and oxygen atoms in total. The van der Waals surface area contributed by atoms with Crippen molar-refractivity contribution >= 4 is 46.6 Å². The molecule has 0 aromatic heterocycles. The standard InChI is InChI=1S/C19H17Cl3O7/c1-25-12-6-5-10(7-13(12)29-18(24)19(20,21)22)16(23)11-8-14(26-2)17(28-4)15(9-11)27-3/h5-9H,1-4H3. The molecule has 0 saturated carbocycles. The van der Waals surface area contributed by atoms with E-state index < -0.39 is 15.5 Å². The highest BCUT2D eigenvalue weighted by Crippen LogP contribution is 2.39. The number of carbonyl (C=O) groups is 2. The minimum atomic E-state index is -2.29. The molecule has 0 N–H and O–H groups in total. The molecule has 156 valence electrons. The Balaban J connectivity index is 2.48. The van der Waals surface area contributed by atoms with Gasteiger partial charge in [-0.1, -0.05) is 34.8 Å². The lowest BCUT2D eigenvalue weighted by Crippen LogP contribution is -2.25. The summed E-state index contributed by atoms with van der Waals surface area (Å²) in [5, 5.41) is 0. The summed E-state index contributed by atoms with van der Waals surface area (Å²) >= 11 is 16.6. The summed E-state index contributed by atoms with van der Waals surface area (Å²) in [6.45, 7) is 0. The smallest absolute Gasteiger partial charge is 0.364 e. The van der Waals surface area contributed by atoms with E-state index in [1.54, 1.807) is 0 Å². The zero-order valence-electron chi connectivity index (χ0n) is 15.9. The Morgan fingerprint density at radius 3 is 1.69 bits per heavy atom. The van der Waals surface area contributed by atoms with Gasteiger partial charge < -0.3 is 23.7 Å². The number of carbonyl (C=O) groups excluding carboxylic acids is 2. The number of benzene rings is 2. The minimum Gasteiger partial charge on any atom is -0.493 e. The molecule has 0 atom stereocenters. The third-order valence-electron chi connectivity index (χ3n) is 3.79. The molecule has 0 aliphatic rings. The SMILES string of the molecule is COc1ccc(C(=O)c2cc(OC)c(OC)c(OC)c2)cc1OC(=O)C(Cl)(Cl)Cl. The van der Waals surface area contributed by atoms with E-state index in [1.165, 1.54) is 58.8 Å². The molecule has 0 fully saturated rings. The van der Waals surface area contributed by atoms with E-state index in [9.17, 15) is 9.59 Å². The number of alkyl halides is 3. The maximum Gasteiger partial charge on any atom is 0.364 e. The topological polar surface area (TPSA) is 80.3 Å². The fourth-order valence-electron chi connectivity index (χ4n) is 2.43. The number of ketones is 1. The van der Waals surface area contributed by atoms with Crippen molar-refractivity contribution in [1.29, 1.82) is 0 Å². The van der Waals surface area contributed by atoms with Crippen LogP contribution in [0.2, 0.25) is 0 Å². The van der Waals surface area contributed by atoms with Crippen LogP contribution in [0.4, 0.5) is 0 Å². The number of hydrogen-bond acceptors (Lipinski definition) is 7. The van der Waals surface area contributed by atoms with Crippen LogP contribution in [0, 0.1) is 0 Å². The Hall–Kier alpha value is -2.35. The Labute approximate surface area is 182 Å². The molecule has 2 aromatic carbocycles. The van der Waals surface area contributed by atoms with E-state index in [0.717, 1.165) is 0 Å². The molecule has 10 heteroatoms. The summed E-state index contributed by atoms with van der Waals surface area (Å²) in [6.07, 6.45) is 0. The summed E-state index contributed by atoms with van der Waals surface area (Å²) in [5.74, 6) is -0.482. The average Bonchev–Trinajstić information content (AvgIpc) is 2.71. The van der Waals surface area contributed by atoms with E-state index in [2.05, 4.69) is 0 Å².